The Morgan fingerprint density at radius 1 is 0.815 bits per heavy atom. The van der Waals surface area contributed by atoms with E-state index in [1.165, 1.54) is 57.8 Å². The molecular formula is C23H42O4. The summed E-state index contributed by atoms with van der Waals surface area (Å²) in [5, 5.41) is 9.05. The number of esters is 1. The van der Waals surface area contributed by atoms with Crippen molar-refractivity contribution in [1.29, 1.82) is 0 Å². The highest BCUT2D eigenvalue weighted by Crippen LogP contribution is 2.30. The van der Waals surface area contributed by atoms with Crippen LogP contribution in [0.3, 0.4) is 0 Å². The Balaban J connectivity index is 2.07. The van der Waals surface area contributed by atoms with E-state index in [0.29, 0.717) is 25.7 Å². The largest absolute Gasteiger partial charge is 0.481 e. The van der Waals surface area contributed by atoms with Gasteiger partial charge in [0, 0.05) is 0 Å². The summed E-state index contributed by atoms with van der Waals surface area (Å²) in [7, 11) is 0. The van der Waals surface area contributed by atoms with Crippen LogP contribution in [0.2, 0.25) is 0 Å². The van der Waals surface area contributed by atoms with E-state index < -0.39 is 5.97 Å². The number of carbonyl (C=O) groups is 2. The second-order valence-corrected chi connectivity index (χ2v) is 8.32. The van der Waals surface area contributed by atoms with Gasteiger partial charge in [-0.1, -0.05) is 71.6 Å². The number of carboxylic acids is 1. The minimum absolute atomic E-state index is 0.0312. The van der Waals surface area contributed by atoms with Crippen LogP contribution in [-0.2, 0) is 14.3 Å². The molecule has 0 aliphatic heterocycles. The lowest BCUT2D eigenvalue weighted by Crippen LogP contribution is -2.29. The molecule has 0 amide bonds. The molecule has 158 valence electrons. The SMILES string of the molecule is CCCCCCCCCCCCC(CC)OC(=O)C1CCC(C(=O)O)CC1. The van der Waals surface area contributed by atoms with E-state index >= 15 is 0 Å². The number of ether oxygens (including phenoxy) is 1. The van der Waals surface area contributed by atoms with Crippen LogP contribution in [0.1, 0.15) is 117 Å². The lowest BCUT2D eigenvalue weighted by molar-refractivity contribution is -0.157. The van der Waals surface area contributed by atoms with Gasteiger partial charge >= 0.3 is 11.9 Å². The number of hydrogen-bond acceptors (Lipinski definition) is 3. The standard InChI is InChI=1S/C23H42O4/c1-3-5-6-7-8-9-10-11-12-13-14-21(4-2)27-23(26)20-17-15-19(16-18-20)22(24)25/h19-21H,3-18H2,1-2H3,(H,24,25). The smallest absolute Gasteiger partial charge is 0.309 e. The van der Waals surface area contributed by atoms with Gasteiger partial charge in [0.1, 0.15) is 6.10 Å². The van der Waals surface area contributed by atoms with Crippen molar-refractivity contribution < 1.29 is 19.4 Å². The van der Waals surface area contributed by atoms with Gasteiger partial charge in [-0.15, -0.1) is 0 Å². The first-order valence-corrected chi connectivity index (χ1v) is 11.5. The van der Waals surface area contributed by atoms with Crippen molar-refractivity contribution >= 4 is 11.9 Å². The fourth-order valence-corrected chi connectivity index (χ4v) is 4.04. The summed E-state index contributed by atoms with van der Waals surface area (Å²) in [6.45, 7) is 4.33. The molecule has 0 radical (unpaired) electrons. The Morgan fingerprint density at radius 3 is 1.78 bits per heavy atom. The Bertz CT molecular complexity index is 399. The van der Waals surface area contributed by atoms with Gasteiger partial charge in [-0.2, -0.15) is 0 Å². The first kappa shape index (κ1) is 24.0. The number of hydrogen-bond donors (Lipinski definition) is 1. The normalized spacial score (nSPS) is 21.0. The summed E-state index contributed by atoms with van der Waals surface area (Å²) in [5.41, 5.74) is 0. The predicted octanol–water partition coefficient (Wildman–Crippen LogP) is 6.51. The maximum absolute atomic E-state index is 12.4. The number of rotatable bonds is 15. The molecule has 1 aliphatic carbocycles. The number of unbranched alkanes of at least 4 members (excludes halogenated alkanes) is 9. The Labute approximate surface area is 166 Å². The highest BCUT2D eigenvalue weighted by atomic mass is 16.5. The molecule has 0 aromatic heterocycles. The molecule has 0 aromatic carbocycles. The molecule has 1 atom stereocenters. The van der Waals surface area contributed by atoms with E-state index in [9.17, 15) is 9.59 Å². The molecular weight excluding hydrogens is 340 g/mol. The molecule has 1 unspecified atom stereocenters. The quantitative estimate of drug-likeness (QED) is 0.259. The first-order chi connectivity index (χ1) is 13.1. The molecule has 0 spiro atoms. The summed E-state index contributed by atoms with van der Waals surface area (Å²) in [5.74, 6) is -1.20. The third-order valence-corrected chi connectivity index (χ3v) is 6.03. The molecule has 1 saturated carbocycles. The van der Waals surface area contributed by atoms with Gasteiger partial charge < -0.3 is 9.84 Å². The molecule has 4 heteroatoms. The lowest BCUT2D eigenvalue weighted by atomic mass is 9.82. The fourth-order valence-electron chi connectivity index (χ4n) is 4.04. The topological polar surface area (TPSA) is 63.6 Å². The molecule has 0 heterocycles. The molecule has 0 bridgehead atoms. The maximum Gasteiger partial charge on any atom is 0.309 e. The van der Waals surface area contributed by atoms with Crippen molar-refractivity contribution in [1.82, 2.24) is 0 Å². The zero-order valence-electron chi connectivity index (χ0n) is 17.7. The van der Waals surface area contributed by atoms with Crippen molar-refractivity contribution in [2.45, 2.75) is 123 Å². The van der Waals surface area contributed by atoms with Crippen molar-refractivity contribution in [3.8, 4) is 0 Å². The molecule has 27 heavy (non-hydrogen) atoms. The van der Waals surface area contributed by atoms with Gasteiger partial charge in [-0.3, -0.25) is 9.59 Å². The average molecular weight is 383 g/mol. The van der Waals surface area contributed by atoms with E-state index in [1.54, 1.807) is 0 Å². The van der Waals surface area contributed by atoms with E-state index in [-0.39, 0.29) is 23.9 Å². The van der Waals surface area contributed by atoms with Gasteiger partial charge in [-0.25, -0.2) is 0 Å². The van der Waals surface area contributed by atoms with E-state index in [4.69, 9.17) is 9.84 Å². The molecule has 1 N–H and O–H groups in total. The Morgan fingerprint density at radius 2 is 1.30 bits per heavy atom. The number of carbonyl (C=O) groups excluding carboxylic acids is 1. The highest BCUT2D eigenvalue weighted by molar-refractivity contribution is 5.74. The van der Waals surface area contributed by atoms with E-state index in [0.717, 1.165) is 19.3 Å². The highest BCUT2D eigenvalue weighted by Gasteiger charge is 2.31. The molecule has 1 fully saturated rings. The second-order valence-electron chi connectivity index (χ2n) is 8.32. The minimum atomic E-state index is -0.728. The van der Waals surface area contributed by atoms with Crippen LogP contribution < -0.4 is 0 Å². The Kier molecular flexibility index (Phi) is 13.3. The molecule has 1 rings (SSSR count). The molecule has 0 saturated heterocycles. The second kappa shape index (κ2) is 14.9. The summed E-state index contributed by atoms with van der Waals surface area (Å²) in [6.07, 6.45) is 17.5. The third kappa shape index (κ3) is 10.8. The molecule has 0 aromatic rings. The predicted molar refractivity (Wildman–Crippen MR) is 110 cm³/mol. The summed E-state index contributed by atoms with van der Waals surface area (Å²) in [6, 6.07) is 0. The van der Waals surface area contributed by atoms with Crippen molar-refractivity contribution in [3.05, 3.63) is 0 Å². The first-order valence-electron chi connectivity index (χ1n) is 11.5. The fraction of sp³-hybridized carbons (Fsp3) is 0.913. The van der Waals surface area contributed by atoms with Crippen LogP contribution in [0.25, 0.3) is 0 Å². The monoisotopic (exact) mass is 382 g/mol. The van der Waals surface area contributed by atoms with E-state index in [1.807, 2.05) is 0 Å². The van der Waals surface area contributed by atoms with Gasteiger partial charge in [0.15, 0.2) is 0 Å². The minimum Gasteiger partial charge on any atom is -0.481 e. The van der Waals surface area contributed by atoms with Crippen LogP contribution in [-0.4, -0.2) is 23.1 Å². The van der Waals surface area contributed by atoms with E-state index in [2.05, 4.69) is 13.8 Å². The van der Waals surface area contributed by atoms with Gasteiger partial charge in [-0.05, 0) is 44.9 Å². The van der Waals surface area contributed by atoms with Crippen LogP contribution >= 0.6 is 0 Å². The maximum atomic E-state index is 12.4. The van der Waals surface area contributed by atoms with Crippen molar-refractivity contribution in [2.75, 3.05) is 0 Å². The Hall–Kier alpha value is -1.06. The zero-order valence-corrected chi connectivity index (χ0v) is 17.7. The van der Waals surface area contributed by atoms with Crippen LogP contribution in [0.15, 0.2) is 0 Å². The molecule has 1 aliphatic rings. The summed E-state index contributed by atoms with van der Waals surface area (Å²) < 4.78 is 5.73. The number of aliphatic carboxylic acids is 1. The third-order valence-electron chi connectivity index (χ3n) is 6.03. The van der Waals surface area contributed by atoms with Crippen LogP contribution in [0.5, 0.6) is 0 Å². The lowest BCUT2D eigenvalue weighted by Gasteiger charge is -2.26. The van der Waals surface area contributed by atoms with Crippen molar-refractivity contribution in [2.24, 2.45) is 11.8 Å². The molecule has 4 nitrogen and oxygen atoms in total. The van der Waals surface area contributed by atoms with Gasteiger partial charge in [0.05, 0.1) is 11.8 Å². The van der Waals surface area contributed by atoms with Crippen LogP contribution in [0.4, 0.5) is 0 Å². The summed E-state index contributed by atoms with van der Waals surface area (Å²) in [4.78, 5) is 23.4. The van der Waals surface area contributed by atoms with Gasteiger partial charge in [0.25, 0.3) is 0 Å². The van der Waals surface area contributed by atoms with Crippen molar-refractivity contribution in [3.63, 3.8) is 0 Å². The summed E-state index contributed by atoms with van der Waals surface area (Å²) >= 11 is 0. The average Bonchev–Trinajstić information content (AvgIpc) is 2.68. The zero-order chi connectivity index (χ0) is 19.9. The van der Waals surface area contributed by atoms with Crippen LogP contribution in [0, 0.1) is 11.8 Å². The van der Waals surface area contributed by atoms with Gasteiger partial charge in [0.2, 0.25) is 0 Å². The number of carboxylic acid groups (broad SMARTS) is 1.